The molecule has 0 aromatic heterocycles. The molecule has 0 saturated carbocycles. The van der Waals surface area contributed by atoms with Gasteiger partial charge in [0, 0.05) is 0 Å². The molecule has 1 rings (SSSR count). The summed E-state index contributed by atoms with van der Waals surface area (Å²) in [6.45, 7) is -0.393. The highest BCUT2D eigenvalue weighted by Crippen LogP contribution is 2.12. The predicted octanol–water partition coefficient (Wildman–Crippen LogP) is 0.417. The second kappa shape index (κ2) is 3.32. The molecule has 0 spiro atoms. The highest BCUT2D eigenvalue weighted by atomic mass is 19.1. The minimum absolute atomic E-state index is 0.211. The Morgan fingerprint density at radius 1 is 1.58 bits per heavy atom. The maximum absolute atomic E-state index is 12.9. The summed E-state index contributed by atoms with van der Waals surface area (Å²) in [7, 11) is 0. The van der Waals surface area contributed by atoms with Crippen molar-refractivity contribution < 1.29 is 14.3 Å². The first-order valence-corrected chi connectivity index (χ1v) is 3.35. The molecule has 0 fully saturated rings. The molecule has 0 unspecified atom stereocenters. The van der Waals surface area contributed by atoms with E-state index < -0.39 is 18.3 Å². The smallest absolute Gasteiger partial charge is 0.252 e. The summed E-state index contributed by atoms with van der Waals surface area (Å²) < 4.78 is 12.9. The second-order valence-electron chi connectivity index (χ2n) is 2.30. The van der Waals surface area contributed by atoms with E-state index in [1.807, 2.05) is 0 Å². The largest absolute Gasteiger partial charge is 0.392 e. The fourth-order valence-corrected chi connectivity index (χ4v) is 0.976. The van der Waals surface area contributed by atoms with Gasteiger partial charge in [-0.3, -0.25) is 4.79 Å². The van der Waals surface area contributed by atoms with E-state index in [1.165, 1.54) is 12.1 Å². The summed E-state index contributed by atoms with van der Waals surface area (Å²) >= 11 is 0. The lowest BCUT2D eigenvalue weighted by atomic mass is 10.1. The molecule has 1 amide bonds. The lowest BCUT2D eigenvalue weighted by Gasteiger charge is -2.03. The van der Waals surface area contributed by atoms with Crippen molar-refractivity contribution in [1.29, 1.82) is 0 Å². The highest BCUT2D eigenvalue weighted by Gasteiger charge is 2.12. The zero-order chi connectivity index (χ0) is 9.14. The van der Waals surface area contributed by atoms with E-state index in [-0.39, 0.29) is 11.1 Å². The minimum atomic E-state index is -0.864. The van der Waals surface area contributed by atoms with Gasteiger partial charge in [0.05, 0.1) is 12.2 Å². The maximum atomic E-state index is 12.9. The summed E-state index contributed by atoms with van der Waals surface area (Å²) in [6.07, 6.45) is 0. The van der Waals surface area contributed by atoms with Crippen molar-refractivity contribution in [2.45, 2.75) is 6.61 Å². The van der Waals surface area contributed by atoms with Crippen LogP contribution in [0.2, 0.25) is 0 Å². The number of benzene rings is 1. The predicted molar refractivity (Wildman–Crippen MR) is 40.8 cm³/mol. The van der Waals surface area contributed by atoms with Gasteiger partial charge in [0.1, 0.15) is 5.82 Å². The number of hydrogen-bond acceptors (Lipinski definition) is 2. The Labute approximate surface area is 68.6 Å². The van der Waals surface area contributed by atoms with Gasteiger partial charge in [0.15, 0.2) is 0 Å². The molecule has 1 aromatic rings. The van der Waals surface area contributed by atoms with Gasteiger partial charge in [-0.2, -0.15) is 0 Å². The van der Waals surface area contributed by atoms with E-state index in [0.717, 1.165) is 6.07 Å². The average Bonchev–Trinajstić information content (AvgIpc) is 2.03. The van der Waals surface area contributed by atoms with Crippen LogP contribution in [0.4, 0.5) is 4.39 Å². The van der Waals surface area contributed by atoms with Gasteiger partial charge in [-0.05, 0) is 11.6 Å². The lowest BCUT2D eigenvalue weighted by Crippen LogP contribution is -2.15. The van der Waals surface area contributed by atoms with Crippen molar-refractivity contribution in [1.82, 2.24) is 0 Å². The monoisotopic (exact) mass is 169 g/mol. The maximum Gasteiger partial charge on any atom is 0.252 e. The fraction of sp³-hybridized carbons (Fsp3) is 0.125. The Bertz CT molecular complexity index is 312. The molecule has 0 atom stereocenters. The van der Waals surface area contributed by atoms with Gasteiger partial charge >= 0.3 is 0 Å². The number of nitrogens with two attached hydrogens (primary N) is 1. The number of hydrogen-bond donors (Lipinski definition) is 2. The number of aliphatic hydroxyl groups excluding tert-OH is 1. The standard InChI is InChI=1S/C8H8FNO2/c9-6-3-1-2-5(4-11)7(6)8(10)12/h1-3,11H,4H2,(H2,10,12). The molecule has 1 aromatic carbocycles. The first-order valence-electron chi connectivity index (χ1n) is 3.35. The topological polar surface area (TPSA) is 63.3 Å². The van der Waals surface area contributed by atoms with Gasteiger partial charge < -0.3 is 10.8 Å². The molecule has 0 saturated heterocycles. The normalized spacial score (nSPS) is 9.83. The van der Waals surface area contributed by atoms with Gasteiger partial charge in [0.2, 0.25) is 0 Å². The minimum Gasteiger partial charge on any atom is -0.392 e. The third-order valence-corrected chi connectivity index (χ3v) is 1.52. The SMILES string of the molecule is NC(=O)c1c(F)cccc1CO. The number of rotatable bonds is 2. The molecule has 0 aliphatic heterocycles. The van der Waals surface area contributed by atoms with Crippen molar-refractivity contribution in [3.8, 4) is 0 Å². The average molecular weight is 169 g/mol. The molecule has 3 N–H and O–H groups in total. The van der Waals surface area contributed by atoms with E-state index in [1.54, 1.807) is 0 Å². The number of primary amides is 1. The Kier molecular flexibility index (Phi) is 2.40. The Morgan fingerprint density at radius 2 is 2.25 bits per heavy atom. The van der Waals surface area contributed by atoms with Crippen LogP contribution in [0.5, 0.6) is 0 Å². The van der Waals surface area contributed by atoms with Gasteiger partial charge in [0.25, 0.3) is 5.91 Å². The van der Waals surface area contributed by atoms with E-state index >= 15 is 0 Å². The van der Waals surface area contributed by atoms with Crippen LogP contribution in [0.25, 0.3) is 0 Å². The van der Waals surface area contributed by atoms with Gasteiger partial charge in [-0.25, -0.2) is 4.39 Å². The van der Waals surface area contributed by atoms with Gasteiger partial charge in [-0.15, -0.1) is 0 Å². The van der Waals surface area contributed by atoms with Crippen LogP contribution in [-0.4, -0.2) is 11.0 Å². The first-order chi connectivity index (χ1) is 5.66. The van der Waals surface area contributed by atoms with Crippen molar-refractivity contribution >= 4 is 5.91 Å². The third kappa shape index (κ3) is 1.43. The van der Waals surface area contributed by atoms with Crippen molar-refractivity contribution in [2.75, 3.05) is 0 Å². The van der Waals surface area contributed by atoms with Crippen LogP contribution in [0.15, 0.2) is 18.2 Å². The number of aliphatic hydroxyl groups is 1. The molecule has 0 bridgehead atoms. The van der Waals surface area contributed by atoms with Crippen LogP contribution in [0.3, 0.4) is 0 Å². The second-order valence-corrected chi connectivity index (χ2v) is 2.30. The third-order valence-electron chi connectivity index (χ3n) is 1.52. The van der Waals surface area contributed by atoms with Crippen LogP contribution in [0.1, 0.15) is 15.9 Å². The Hall–Kier alpha value is -1.42. The molecule has 0 aliphatic rings. The molecular weight excluding hydrogens is 161 g/mol. The van der Waals surface area contributed by atoms with Crippen molar-refractivity contribution in [3.05, 3.63) is 35.1 Å². The highest BCUT2D eigenvalue weighted by molar-refractivity contribution is 5.94. The zero-order valence-electron chi connectivity index (χ0n) is 6.25. The molecular formula is C8H8FNO2. The quantitative estimate of drug-likeness (QED) is 0.673. The summed E-state index contributed by atoms with van der Waals surface area (Å²) in [5, 5.41) is 8.72. The van der Waals surface area contributed by atoms with Crippen LogP contribution in [-0.2, 0) is 6.61 Å². The molecule has 0 aliphatic carbocycles. The summed E-state index contributed by atoms with van der Waals surface area (Å²) in [5.74, 6) is -1.56. The lowest BCUT2D eigenvalue weighted by molar-refractivity contribution is 0.0993. The van der Waals surface area contributed by atoms with Crippen molar-refractivity contribution in [2.24, 2.45) is 5.73 Å². The Morgan fingerprint density at radius 3 is 2.67 bits per heavy atom. The van der Waals surface area contributed by atoms with Crippen molar-refractivity contribution in [3.63, 3.8) is 0 Å². The fourth-order valence-electron chi connectivity index (χ4n) is 0.976. The Balaban J connectivity index is 3.29. The summed E-state index contributed by atoms with van der Waals surface area (Å²) in [5.41, 5.74) is 4.88. The number of carbonyl (C=O) groups is 1. The molecule has 0 heterocycles. The van der Waals surface area contributed by atoms with E-state index in [4.69, 9.17) is 10.8 Å². The molecule has 64 valence electrons. The first kappa shape index (κ1) is 8.67. The molecule has 0 radical (unpaired) electrons. The van der Waals surface area contributed by atoms with Crippen LogP contribution in [0, 0.1) is 5.82 Å². The summed E-state index contributed by atoms with van der Waals surface area (Å²) in [6, 6.07) is 3.98. The van der Waals surface area contributed by atoms with Gasteiger partial charge in [-0.1, -0.05) is 12.1 Å². The van der Waals surface area contributed by atoms with E-state index in [0.29, 0.717) is 0 Å². The number of halogens is 1. The van der Waals surface area contributed by atoms with E-state index in [9.17, 15) is 9.18 Å². The van der Waals surface area contributed by atoms with Crippen LogP contribution >= 0.6 is 0 Å². The zero-order valence-corrected chi connectivity index (χ0v) is 6.25. The molecule has 4 heteroatoms. The molecule has 3 nitrogen and oxygen atoms in total. The van der Waals surface area contributed by atoms with Crippen LogP contribution < -0.4 is 5.73 Å². The molecule has 12 heavy (non-hydrogen) atoms. The number of amides is 1. The summed E-state index contributed by atoms with van der Waals surface area (Å²) in [4.78, 5) is 10.7. The van der Waals surface area contributed by atoms with E-state index in [2.05, 4.69) is 0 Å². The number of carbonyl (C=O) groups excluding carboxylic acids is 1.